The van der Waals surface area contributed by atoms with E-state index in [-0.39, 0.29) is 11.8 Å². The van der Waals surface area contributed by atoms with Crippen LogP contribution in [0.3, 0.4) is 0 Å². The number of thiazole rings is 1. The third-order valence-electron chi connectivity index (χ3n) is 1.20. The van der Waals surface area contributed by atoms with Gasteiger partial charge in [-0.2, -0.15) is 0 Å². The molecule has 0 saturated heterocycles. The van der Waals surface area contributed by atoms with Gasteiger partial charge in [-0.3, -0.25) is 9.78 Å². The lowest BCUT2D eigenvalue weighted by Gasteiger charge is -2.03. The zero-order valence-electron chi connectivity index (χ0n) is 6.50. The molecule has 4 heteroatoms. The van der Waals surface area contributed by atoms with E-state index in [1.54, 1.807) is 11.7 Å². The maximum atomic E-state index is 11.1. The van der Waals surface area contributed by atoms with E-state index in [1.165, 1.54) is 11.3 Å². The molecule has 3 nitrogen and oxygen atoms in total. The summed E-state index contributed by atoms with van der Waals surface area (Å²) in [5.41, 5.74) is 1.69. The molecule has 60 valence electrons. The van der Waals surface area contributed by atoms with Gasteiger partial charge in [-0.15, -0.1) is 11.3 Å². The van der Waals surface area contributed by atoms with Crippen molar-refractivity contribution < 1.29 is 4.79 Å². The van der Waals surface area contributed by atoms with Crippen molar-refractivity contribution in [3.05, 3.63) is 11.7 Å². The van der Waals surface area contributed by atoms with Crippen molar-refractivity contribution in [2.45, 2.75) is 13.8 Å². The van der Waals surface area contributed by atoms with E-state index in [9.17, 15) is 4.79 Å². The first kappa shape index (κ1) is 8.20. The number of carbonyl (C=O) groups excluding carboxylic acids is 1. The van der Waals surface area contributed by atoms with Crippen molar-refractivity contribution >= 4 is 22.2 Å². The molecule has 0 aliphatic carbocycles. The number of carbonyl (C=O) groups is 1. The standard InChI is InChI=1S/C7H10N2OS/c1-5(2)7(10)9-6-3-8-4-11-6/h3-5H,1-2H3,(H,9,10). The van der Waals surface area contributed by atoms with Gasteiger partial charge in [0.15, 0.2) is 0 Å². The van der Waals surface area contributed by atoms with Crippen molar-refractivity contribution in [3.63, 3.8) is 0 Å². The molecule has 0 spiro atoms. The van der Waals surface area contributed by atoms with Crippen LogP contribution in [0.2, 0.25) is 0 Å². The molecule has 0 aliphatic heterocycles. The smallest absolute Gasteiger partial charge is 0.227 e. The molecule has 0 saturated carbocycles. The number of nitrogens with one attached hydrogen (secondary N) is 1. The molecule has 11 heavy (non-hydrogen) atoms. The number of hydrogen-bond donors (Lipinski definition) is 1. The maximum absolute atomic E-state index is 11.1. The van der Waals surface area contributed by atoms with Crippen molar-refractivity contribution in [2.24, 2.45) is 5.92 Å². The first-order valence-electron chi connectivity index (χ1n) is 3.39. The van der Waals surface area contributed by atoms with E-state index in [0.717, 1.165) is 5.00 Å². The molecular formula is C7H10N2OS. The summed E-state index contributed by atoms with van der Waals surface area (Å²) in [6.07, 6.45) is 1.64. The summed E-state index contributed by atoms with van der Waals surface area (Å²) in [4.78, 5) is 14.9. The summed E-state index contributed by atoms with van der Waals surface area (Å²) in [6.45, 7) is 3.72. The third-order valence-corrected chi connectivity index (χ3v) is 1.89. The molecule has 1 aromatic heterocycles. The van der Waals surface area contributed by atoms with Crippen LogP contribution in [0.5, 0.6) is 0 Å². The van der Waals surface area contributed by atoms with Gasteiger partial charge in [0.2, 0.25) is 5.91 Å². The molecule has 1 amide bonds. The highest BCUT2D eigenvalue weighted by molar-refractivity contribution is 7.13. The van der Waals surface area contributed by atoms with Gasteiger partial charge in [0.25, 0.3) is 0 Å². The fourth-order valence-electron chi connectivity index (χ4n) is 0.543. The first-order chi connectivity index (χ1) is 5.20. The fourth-order valence-corrected chi connectivity index (χ4v) is 1.06. The van der Waals surface area contributed by atoms with Gasteiger partial charge in [-0.25, -0.2) is 0 Å². The van der Waals surface area contributed by atoms with Crippen LogP contribution in [-0.2, 0) is 4.79 Å². The van der Waals surface area contributed by atoms with Gasteiger partial charge < -0.3 is 5.32 Å². The van der Waals surface area contributed by atoms with Gasteiger partial charge in [0.05, 0.1) is 11.7 Å². The number of nitrogens with zero attached hydrogens (tertiary/aromatic N) is 1. The number of rotatable bonds is 2. The van der Waals surface area contributed by atoms with Gasteiger partial charge in [-0.1, -0.05) is 13.8 Å². The Hall–Kier alpha value is -0.900. The summed E-state index contributed by atoms with van der Waals surface area (Å²) in [7, 11) is 0. The van der Waals surface area contributed by atoms with Crippen LogP contribution in [0, 0.1) is 5.92 Å². The quantitative estimate of drug-likeness (QED) is 0.734. The minimum absolute atomic E-state index is 0.0251. The lowest BCUT2D eigenvalue weighted by atomic mass is 10.2. The Labute approximate surface area is 69.5 Å². The van der Waals surface area contributed by atoms with Crippen LogP contribution in [0.1, 0.15) is 13.8 Å². The number of amides is 1. The second-order valence-corrected chi connectivity index (χ2v) is 3.40. The maximum Gasteiger partial charge on any atom is 0.227 e. The van der Waals surface area contributed by atoms with E-state index in [0.29, 0.717) is 0 Å². The molecule has 1 heterocycles. The lowest BCUT2D eigenvalue weighted by molar-refractivity contribution is -0.118. The summed E-state index contributed by atoms with van der Waals surface area (Å²) in [5.74, 6) is 0.0614. The summed E-state index contributed by atoms with van der Waals surface area (Å²) < 4.78 is 0. The predicted molar refractivity (Wildman–Crippen MR) is 45.6 cm³/mol. The van der Waals surface area contributed by atoms with Crippen LogP contribution in [0.4, 0.5) is 5.00 Å². The average molecular weight is 170 g/mol. The van der Waals surface area contributed by atoms with Crippen LogP contribution >= 0.6 is 11.3 Å². The predicted octanol–water partition coefficient (Wildman–Crippen LogP) is 1.74. The fraction of sp³-hybridized carbons (Fsp3) is 0.429. The monoisotopic (exact) mass is 170 g/mol. The van der Waals surface area contributed by atoms with E-state index in [1.807, 2.05) is 13.8 Å². The minimum atomic E-state index is 0.0251. The SMILES string of the molecule is CC(C)C(=O)Nc1cncs1. The normalized spacial score (nSPS) is 10.1. The highest BCUT2D eigenvalue weighted by Crippen LogP contribution is 2.13. The molecular weight excluding hydrogens is 160 g/mol. The Morgan fingerprint density at radius 2 is 2.45 bits per heavy atom. The highest BCUT2D eigenvalue weighted by Gasteiger charge is 2.06. The van der Waals surface area contributed by atoms with Crippen LogP contribution in [-0.4, -0.2) is 10.9 Å². The molecule has 0 radical (unpaired) electrons. The van der Waals surface area contributed by atoms with Crippen molar-refractivity contribution in [1.82, 2.24) is 4.98 Å². The largest absolute Gasteiger partial charge is 0.316 e. The summed E-state index contributed by atoms with van der Waals surface area (Å²) in [5, 5.41) is 3.55. The number of aromatic nitrogens is 1. The second-order valence-electron chi connectivity index (χ2n) is 2.51. The van der Waals surface area contributed by atoms with Crippen molar-refractivity contribution in [3.8, 4) is 0 Å². The highest BCUT2D eigenvalue weighted by atomic mass is 32.1. The van der Waals surface area contributed by atoms with Gasteiger partial charge in [-0.05, 0) is 0 Å². The third kappa shape index (κ3) is 2.31. The molecule has 1 rings (SSSR count). The van der Waals surface area contributed by atoms with Gasteiger partial charge >= 0.3 is 0 Å². The van der Waals surface area contributed by atoms with Crippen molar-refractivity contribution in [2.75, 3.05) is 5.32 Å². The Bertz CT molecular complexity index is 231. The minimum Gasteiger partial charge on any atom is -0.316 e. The van der Waals surface area contributed by atoms with Crippen molar-refractivity contribution in [1.29, 1.82) is 0 Å². The molecule has 0 bridgehead atoms. The second kappa shape index (κ2) is 3.48. The van der Waals surface area contributed by atoms with Crippen LogP contribution in [0.25, 0.3) is 0 Å². The topological polar surface area (TPSA) is 42.0 Å². The van der Waals surface area contributed by atoms with Crippen LogP contribution in [0.15, 0.2) is 11.7 Å². The van der Waals surface area contributed by atoms with E-state index in [2.05, 4.69) is 10.3 Å². The Kier molecular flexibility index (Phi) is 2.59. The average Bonchev–Trinajstić information content (AvgIpc) is 2.39. The van der Waals surface area contributed by atoms with E-state index in [4.69, 9.17) is 0 Å². The number of hydrogen-bond acceptors (Lipinski definition) is 3. The summed E-state index contributed by atoms with van der Waals surface area (Å²) >= 11 is 1.43. The zero-order valence-corrected chi connectivity index (χ0v) is 7.31. The molecule has 0 fully saturated rings. The molecule has 1 aromatic rings. The van der Waals surface area contributed by atoms with Gasteiger partial charge in [0, 0.05) is 5.92 Å². The zero-order chi connectivity index (χ0) is 8.27. The first-order valence-corrected chi connectivity index (χ1v) is 4.27. The lowest BCUT2D eigenvalue weighted by Crippen LogP contribution is -2.16. The Morgan fingerprint density at radius 1 is 1.73 bits per heavy atom. The van der Waals surface area contributed by atoms with Crippen LogP contribution < -0.4 is 5.32 Å². The molecule has 0 aromatic carbocycles. The molecule has 0 unspecified atom stereocenters. The van der Waals surface area contributed by atoms with E-state index >= 15 is 0 Å². The number of anilines is 1. The van der Waals surface area contributed by atoms with Gasteiger partial charge in [0.1, 0.15) is 5.00 Å². The Morgan fingerprint density at radius 3 is 2.91 bits per heavy atom. The Balaban J connectivity index is 2.50. The summed E-state index contributed by atoms with van der Waals surface area (Å²) in [6, 6.07) is 0. The molecule has 0 atom stereocenters. The molecule has 1 N–H and O–H groups in total. The molecule has 0 aliphatic rings. The van der Waals surface area contributed by atoms with E-state index < -0.39 is 0 Å².